The highest BCUT2D eigenvalue weighted by molar-refractivity contribution is 6.11. The van der Waals surface area contributed by atoms with Crippen molar-refractivity contribution in [3.8, 4) is 0 Å². The average molecular weight is 284 g/mol. The summed E-state index contributed by atoms with van der Waals surface area (Å²) in [5.41, 5.74) is -0.279. The zero-order chi connectivity index (χ0) is 14.8. The van der Waals surface area contributed by atoms with Gasteiger partial charge in [0.1, 0.15) is 12.0 Å². The van der Waals surface area contributed by atoms with Gasteiger partial charge in [-0.15, -0.1) is 0 Å². The van der Waals surface area contributed by atoms with Gasteiger partial charge in [-0.05, 0) is 12.5 Å². The molecule has 4 atom stereocenters. The molecule has 5 nitrogen and oxygen atoms in total. The van der Waals surface area contributed by atoms with Crippen LogP contribution in [-0.2, 0) is 9.59 Å². The molecule has 2 saturated heterocycles. The lowest BCUT2D eigenvalue weighted by Gasteiger charge is -2.52. The predicted octanol–water partition coefficient (Wildman–Crippen LogP) is 0.818. The normalized spacial score (nSPS) is 37.3. The fourth-order valence-corrected chi connectivity index (χ4v) is 3.67. The van der Waals surface area contributed by atoms with Crippen LogP contribution in [0.3, 0.4) is 0 Å². The summed E-state index contributed by atoms with van der Waals surface area (Å²) in [5, 5.41) is 13.5. The molecule has 5 heteroatoms. The van der Waals surface area contributed by atoms with Crippen LogP contribution < -0.4 is 0 Å². The number of benzene rings is 1. The number of amides is 2. The summed E-state index contributed by atoms with van der Waals surface area (Å²) in [7, 11) is 0. The highest BCUT2D eigenvalue weighted by atomic mass is 16.3. The first kappa shape index (κ1) is 12.6. The summed E-state index contributed by atoms with van der Waals surface area (Å²) in [6, 6.07) is 8.40. The minimum atomic E-state index is -0.989. The summed E-state index contributed by atoms with van der Waals surface area (Å²) in [6.45, 7) is 1.72. The quantitative estimate of drug-likeness (QED) is 0.613. The van der Waals surface area contributed by atoms with E-state index in [9.17, 15) is 14.7 Å². The monoisotopic (exact) mass is 284 g/mol. The third-order valence-electron chi connectivity index (χ3n) is 4.66. The Morgan fingerprint density at radius 3 is 2.43 bits per heavy atom. The molecule has 2 bridgehead atoms. The van der Waals surface area contributed by atoms with Crippen LogP contribution in [-0.4, -0.2) is 44.6 Å². The molecule has 0 spiro atoms. The Morgan fingerprint density at radius 2 is 1.76 bits per heavy atom. The molecule has 2 amide bonds. The van der Waals surface area contributed by atoms with Gasteiger partial charge in [0.05, 0.1) is 11.6 Å². The van der Waals surface area contributed by atoms with Crippen LogP contribution in [0.2, 0.25) is 0 Å². The largest absolute Gasteiger partial charge is 0.388 e. The van der Waals surface area contributed by atoms with Gasteiger partial charge < -0.3 is 5.11 Å². The van der Waals surface area contributed by atoms with Crippen molar-refractivity contribution in [1.29, 1.82) is 0 Å². The molecule has 0 aromatic heterocycles. The van der Waals surface area contributed by atoms with Crippen LogP contribution in [0.4, 0.5) is 0 Å². The molecule has 1 aromatic rings. The van der Waals surface area contributed by atoms with Gasteiger partial charge in [-0.1, -0.05) is 42.5 Å². The van der Waals surface area contributed by atoms with E-state index in [1.807, 2.05) is 30.4 Å². The van der Waals surface area contributed by atoms with Gasteiger partial charge in [0, 0.05) is 6.42 Å². The summed E-state index contributed by atoms with van der Waals surface area (Å²) in [5.74, 6) is -1.23. The first-order valence-electron chi connectivity index (χ1n) is 7.12. The maximum Gasteiger partial charge on any atom is 0.258 e. The van der Waals surface area contributed by atoms with Crippen LogP contribution >= 0.6 is 0 Å². The molecule has 0 saturated carbocycles. The first-order valence-corrected chi connectivity index (χ1v) is 7.12. The van der Waals surface area contributed by atoms with E-state index in [1.165, 1.54) is 10.0 Å². The number of hydrogen-bond donors (Lipinski definition) is 1. The fraction of sp³-hybridized carbons (Fsp3) is 0.375. The molecule has 4 unspecified atom stereocenters. The molecule has 5 rings (SSSR count). The topological polar surface area (TPSA) is 60.9 Å². The second kappa shape index (κ2) is 3.95. The first-order chi connectivity index (χ1) is 10.0. The van der Waals surface area contributed by atoms with Crippen molar-refractivity contribution in [1.82, 2.24) is 10.0 Å². The lowest BCUT2D eigenvalue weighted by atomic mass is 9.81. The third kappa shape index (κ3) is 1.55. The number of fused-ring (bicyclic) bond motifs is 1. The SMILES string of the molecule is CC1(O)CC2C=CC1N1C(=O)C(c3ccccc3)C(=O)N21. The highest BCUT2D eigenvalue weighted by Crippen LogP contribution is 2.44. The van der Waals surface area contributed by atoms with Crippen molar-refractivity contribution in [2.75, 3.05) is 0 Å². The standard InChI is InChI=1S/C16H16N2O3/c1-16(21)9-11-7-8-12(16)18-15(20)13(14(19)17(11)18)10-5-3-2-4-6-10/h2-8,11-13,21H,9H2,1H3. The number of aliphatic hydroxyl groups is 1. The molecule has 3 heterocycles. The van der Waals surface area contributed by atoms with E-state index < -0.39 is 17.6 Å². The number of hydrazine groups is 1. The highest BCUT2D eigenvalue weighted by Gasteiger charge is 2.59. The van der Waals surface area contributed by atoms with Gasteiger partial charge in [-0.25, -0.2) is 10.0 Å². The fourth-order valence-electron chi connectivity index (χ4n) is 3.67. The Labute approximate surface area is 122 Å². The number of carbonyl (C=O) groups is 2. The Hall–Kier alpha value is -2.14. The van der Waals surface area contributed by atoms with Crippen LogP contribution in [0.5, 0.6) is 0 Å². The molecule has 0 radical (unpaired) electrons. The maximum atomic E-state index is 12.7. The molecule has 1 aliphatic carbocycles. The number of carbonyl (C=O) groups excluding carboxylic acids is 2. The molecule has 108 valence electrons. The van der Waals surface area contributed by atoms with E-state index in [4.69, 9.17) is 0 Å². The van der Waals surface area contributed by atoms with E-state index in [0.29, 0.717) is 12.0 Å². The van der Waals surface area contributed by atoms with Crippen LogP contribution in [0.15, 0.2) is 42.5 Å². The lowest BCUT2D eigenvalue weighted by molar-refractivity contribution is -0.187. The van der Waals surface area contributed by atoms with E-state index in [1.54, 1.807) is 19.1 Å². The molecular weight excluding hydrogens is 268 g/mol. The third-order valence-corrected chi connectivity index (χ3v) is 4.66. The average Bonchev–Trinajstić information content (AvgIpc) is 2.73. The number of hydrogen-bond acceptors (Lipinski definition) is 3. The molecule has 4 aliphatic rings. The summed E-state index contributed by atoms with van der Waals surface area (Å²) in [4.78, 5) is 25.4. The Kier molecular flexibility index (Phi) is 2.37. The minimum Gasteiger partial charge on any atom is -0.388 e. The van der Waals surface area contributed by atoms with E-state index in [0.717, 1.165) is 0 Å². The minimum absolute atomic E-state index is 0.193. The summed E-state index contributed by atoms with van der Waals surface area (Å²) < 4.78 is 0. The van der Waals surface area contributed by atoms with Crippen molar-refractivity contribution >= 4 is 11.8 Å². The molecule has 21 heavy (non-hydrogen) atoms. The Balaban J connectivity index is 1.79. The molecule has 3 aliphatic heterocycles. The smallest absolute Gasteiger partial charge is 0.258 e. The van der Waals surface area contributed by atoms with Gasteiger partial charge in [0.2, 0.25) is 0 Å². The second-order valence-corrected chi connectivity index (χ2v) is 6.17. The molecular formula is C16H16N2O3. The van der Waals surface area contributed by atoms with Gasteiger partial charge in [0.15, 0.2) is 0 Å². The van der Waals surface area contributed by atoms with Gasteiger partial charge in [0.25, 0.3) is 11.8 Å². The van der Waals surface area contributed by atoms with Crippen molar-refractivity contribution in [2.24, 2.45) is 0 Å². The molecule has 1 aromatic carbocycles. The van der Waals surface area contributed by atoms with Gasteiger partial charge in [-0.2, -0.15) is 0 Å². The van der Waals surface area contributed by atoms with Crippen LogP contribution in [0.25, 0.3) is 0 Å². The van der Waals surface area contributed by atoms with Crippen molar-refractivity contribution in [2.45, 2.75) is 36.9 Å². The van der Waals surface area contributed by atoms with Crippen molar-refractivity contribution < 1.29 is 14.7 Å². The van der Waals surface area contributed by atoms with Gasteiger partial charge in [-0.3, -0.25) is 9.59 Å². The van der Waals surface area contributed by atoms with Crippen molar-refractivity contribution in [3.05, 3.63) is 48.0 Å². The second-order valence-electron chi connectivity index (χ2n) is 6.17. The van der Waals surface area contributed by atoms with E-state index in [2.05, 4.69) is 0 Å². The zero-order valence-corrected chi connectivity index (χ0v) is 11.6. The number of nitrogens with zero attached hydrogens (tertiary/aromatic N) is 2. The summed E-state index contributed by atoms with van der Waals surface area (Å²) >= 11 is 0. The van der Waals surface area contributed by atoms with E-state index in [-0.39, 0.29) is 17.9 Å². The van der Waals surface area contributed by atoms with Crippen LogP contribution in [0.1, 0.15) is 24.8 Å². The number of rotatable bonds is 1. The zero-order valence-electron chi connectivity index (χ0n) is 11.6. The van der Waals surface area contributed by atoms with E-state index >= 15 is 0 Å². The lowest BCUT2D eigenvalue weighted by Crippen LogP contribution is -2.67. The molecule has 2 fully saturated rings. The summed E-state index contributed by atoms with van der Waals surface area (Å²) in [6.07, 6.45) is 4.21. The van der Waals surface area contributed by atoms with Crippen LogP contribution in [0, 0.1) is 0 Å². The predicted molar refractivity (Wildman–Crippen MR) is 74.8 cm³/mol. The van der Waals surface area contributed by atoms with Crippen molar-refractivity contribution in [3.63, 3.8) is 0 Å². The van der Waals surface area contributed by atoms with Gasteiger partial charge >= 0.3 is 0 Å². The Morgan fingerprint density at radius 1 is 1.10 bits per heavy atom. The maximum absolute atomic E-state index is 12.7. The Bertz CT molecular complexity index is 653. The molecule has 1 N–H and O–H groups in total.